The average Bonchev–Trinajstić information content (AvgIpc) is 2.33. The molecule has 0 spiro atoms. The Kier molecular flexibility index (Phi) is 1.54. The minimum Gasteiger partial charge on any atom is -0.282 e. The van der Waals surface area contributed by atoms with Crippen LogP contribution >= 0.6 is 11.6 Å². The number of aromatic amines is 1. The SMILES string of the molecule is Cc1[nH]nc2c(Cl)cc(F)cc12. The number of aryl methyl sites for hydroxylation is 1. The predicted molar refractivity (Wildman–Crippen MR) is 45.8 cm³/mol. The molecular formula is C8H6ClFN2. The van der Waals surface area contributed by atoms with Crippen molar-refractivity contribution in [1.29, 1.82) is 0 Å². The predicted octanol–water partition coefficient (Wildman–Crippen LogP) is 2.66. The van der Waals surface area contributed by atoms with Gasteiger partial charge < -0.3 is 0 Å². The number of nitrogens with one attached hydrogen (secondary N) is 1. The third-order valence-electron chi connectivity index (χ3n) is 1.77. The molecule has 0 bridgehead atoms. The summed E-state index contributed by atoms with van der Waals surface area (Å²) in [5.41, 5.74) is 1.45. The van der Waals surface area contributed by atoms with Crippen molar-refractivity contribution in [1.82, 2.24) is 10.2 Å². The van der Waals surface area contributed by atoms with Crippen LogP contribution in [0.15, 0.2) is 12.1 Å². The summed E-state index contributed by atoms with van der Waals surface area (Å²) < 4.78 is 12.8. The van der Waals surface area contributed by atoms with Crippen LogP contribution in [0.2, 0.25) is 5.02 Å². The van der Waals surface area contributed by atoms with Crippen molar-refractivity contribution >= 4 is 22.5 Å². The highest BCUT2D eigenvalue weighted by atomic mass is 35.5. The molecule has 1 heterocycles. The topological polar surface area (TPSA) is 28.7 Å². The zero-order valence-corrected chi connectivity index (χ0v) is 7.11. The van der Waals surface area contributed by atoms with Gasteiger partial charge in [-0.2, -0.15) is 5.10 Å². The van der Waals surface area contributed by atoms with Crippen LogP contribution in [0.3, 0.4) is 0 Å². The summed E-state index contributed by atoms with van der Waals surface area (Å²) in [6.07, 6.45) is 0. The highest BCUT2D eigenvalue weighted by Gasteiger charge is 2.06. The van der Waals surface area contributed by atoms with Crippen molar-refractivity contribution in [2.75, 3.05) is 0 Å². The number of aromatic nitrogens is 2. The fourth-order valence-electron chi connectivity index (χ4n) is 1.17. The maximum Gasteiger partial charge on any atom is 0.125 e. The van der Waals surface area contributed by atoms with Crippen LogP contribution in [-0.4, -0.2) is 10.2 Å². The molecule has 0 fully saturated rings. The lowest BCUT2D eigenvalue weighted by Gasteiger charge is -1.92. The van der Waals surface area contributed by atoms with E-state index in [0.29, 0.717) is 10.5 Å². The van der Waals surface area contributed by atoms with Crippen LogP contribution < -0.4 is 0 Å². The third-order valence-corrected chi connectivity index (χ3v) is 2.06. The molecule has 0 atom stereocenters. The first-order chi connectivity index (χ1) is 5.68. The van der Waals surface area contributed by atoms with E-state index in [4.69, 9.17) is 11.6 Å². The number of hydrogen-bond acceptors (Lipinski definition) is 1. The molecule has 2 rings (SSSR count). The van der Waals surface area contributed by atoms with Crippen molar-refractivity contribution in [3.8, 4) is 0 Å². The van der Waals surface area contributed by atoms with Gasteiger partial charge in [-0.3, -0.25) is 5.10 Å². The van der Waals surface area contributed by atoms with Gasteiger partial charge in [0.25, 0.3) is 0 Å². The number of benzene rings is 1. The van der Waals surface area contributed by atoms with Gasteiger partial charge in [-0.25, -0.2) is 4.39 Å². The molecule has 0 amide bonds. The second kappa shape index (κ2) is 2.45. The smallest absolute Gasteiger partial charge is 0.125 e. The van der Waals surface area contributed by atoms with Gasteiger partial charge in [-0.15, -0.1) is 0 Å². The molecule has 0 unspecified atom stereocenters. The summed E-state index contributed by atoms with van der Waals surface area (Å²) in [6, 6.07) is 2.67. The maximum atomic E-state index is 12.8. The Balaban J connectivity index is 2.92. The van der Waals surface area contributed by atoms with E-state index in [9.17, 15) is 4.39 Å². The molecule has 0 aliphatic carbocycles. The molecule has 4 heteroatoms. The van der Waals surface area contributed by atoms with Gasteiger partial charge in [0, 0.05) is 11.1 Å². The first-order valence-electron chi connectivity index (χ1n) is 3.48. The van der Waals surface area contributed by atoms with E-state index in [-0.39, 0.29) is 5.82 Å². The monoisotopic (exact) mass is 184 g/mol. The van der Waals surface area contributed by atoms with Gasteiger partial charge in [-0.1, -0.05) is 11.6 Å². The van der Waals surface area contributed by atoms with Crippen LogP contribution in [0.4, 0.5) is 4.39 Å². The summed E-state index contributed by atoms with van der Waals surface area (Å²) in [7, 11) is 0. The van der Waals surface area contributed by atoms with E-state index in [2.05, 4.69) is 10.2 Å². The molecular weight excluding hydrogens is 179 g/mol. The van der Waals surface area contributed by atoms with E-state index >= 15 is 0 Å². The van der Waals surface area contributed by atoms with Crippen LogP contribution in [0.25, 0.3) is 10.9 Å². The van der Waals surface area contributed by atoms with Gasteiger partial charge in [0.1, 0.15) is 11.3 Å². The second-order valence-electron chi connectivity index (χ2n) is 2.63. The fourth-order valence-corrected chi connectivity index (χ4v) is 1.41. The quantitative estimate of drug-likeness (QED) is 0.670. The Morgan fingerprint density at radius 2 is 2.25 bits per heavy atom. The standard InChI is InChI=1S/C8H6ClFN2/c1-4-6-2-5(10)3-7(9)8(6)12-11-4/h2-3H,1H3,(H,11,12). The Bertz CT molecular complexity index is 436. The van der Waals surface area contributed by atoms with Gasteiger partial charge >= 0.3 is 0 Å². The van der Waals surface area contributed by atoms with Crippen LogP contribution in [0.1, 0.15) is 5.69 Å². The van der Waals surface area contributed by atoms with Crippen molar-refractivity contribution in [2.45, 2.75) is 6.92 Å². The molecule has 2 nitrogen and oxygen atoms in total. The van der Waals surface area contributed by atoms with Crippen LogP contribution in [0, 0.1) is 12.7 Å². The van der Waals surface area contributed by atoms with Gasteiger partial charge in [0.15, 0.2) is 0 Å². The van der Waals surface area contributed by atoms with Gasteiger partial charge in [-0.05, 0) is 19.1 Å². The van der Waals surface area contributed by atoms with Crippen molar-refractivity contribution < 1.29 is 4.39 Å². The first-order valence-corrected chi connectivity index (χ1v) is 3.86. The third kappa shape index (κ3) is 0.975. The van der Waals surface area contributed by atoms with Gasteiger partial charge in [0.05, 0.1) is 5.02 Å². The minimum atomic E-state index is -0.336. The zero-order valence-electron chi connectivity index (χ0n) is 6.36. The number of rotatable bonds is 0. The van der Waals surface area contributed by atoms with E-state index in [1.807, 2.05) is 6.92 Å². The van der Waals surface area contributed by atoms with Crippen LogP contribution in [-0.2, 0) is 0 Å². The molecule has 1 N–H and O–H groups in total. The van der Waals surface area contributed by atoms with Crippen molar-refractivity contribution in [2.24, 2.45) is 0 Å². The minimum absolute atomic E-state index is 0.336. The van der Waals surface area contributed by atoms with E-state index in [1.165, 1.54) is 12.1 Å². The van der Waals surface area contributed by atoms with E-state index in [1.54, 1.807) is 0 Å². The molecule has 62 valence electrons. The fraction of sp³-hybridized carbons (Fsp3) is 0.125. The molecule has 1 aromatic heterocycles. The zero-order chi connectivity index (χ0) is 8.72. The molecule has 1 aromatic carbocycles. The highest BCUT2D eigenvalue weighted by Crippen LogP contribution is 2.24. The number of hydrogen-bond donors (Lipinski definition) is 1. The normalized spacial score (nSPS) is 10.9. The lowest BCUT2D eigenvalue weighted by Crippen LogP contribution is -1.76. The molecule has 0 saturated carbocycles. The molecule has 0 aliphatic heterocycles. The van der Waals surface area contributed by atoms with Gasteiger partial charge in [0.2, 0.25) is 0 Å². The summed E-state index contributed by atoms with van der Waals surface area (Å²) in [4.78, 5) is 0. The number of fused-ring (bicyclic) bond motifs is 1. The second-order valence-corrected chi connectivity index (χ2v) is 3.04. The Morgan fingerprint density at radius 3 is 3.00 bits per heavy atom. The van der Waals surface area contributed by atoms with Crippen molar-refractivity contribution in [3.63, 3.8) is 0 Å². The average molecular weight is 185 g/mol. The van der Waals surface area contributed by atoms with Crippen molar-refractivity contribution in [3.05, 3.63) is 28.7 Å². The summed E-state index contributed by atoms with van der Waals surface area (Å²) in [5, 5.41) is 7.76. The molecule has 12 heavy (non-hydrogen) atoms. The Labute approximate surface area is 73.3 Å². The number of H-pyrrole nitrogens is 1. The van der Waals surface area contributed by atoms with Crippen LogP contribution in [0.5, 0.6) is 0 Å². The Morgan fingerprint density at radius 1 is 1.50 bits per heavy atom. The lowest BCUT2D eigenvalue weighted by molar-refractivity contribution is 0.629. The molecule has 0 saturated heterocycles. The van der Waals surface area contributed by atoms with E-state index < -0.39 is 0 Å². The highest BCUT2D eigenvalue weighted by molar-refractivity contribution is 6.35. The largest absolute Gasteiger partial charge is 0.282 e. The molecule has 0 aliphatic rings. The summed E-state index contributed by atoms with van der Waals surface area (Å²) in [5.74, 6) is -0.336. The lowest BCUT2D eigenvalue weighted by atomic mass is 10.2. The summed E-state index contributed by atoms with van der Waals surface area (Å²) >= 11 is 5.75. The maximum absolute atomic E-state index is 12.8. The first kappa shape index (κ1) is 7.55. The molecule has 2 aromatic rings. The van der Waals surface area contributed by atoms with E-state index in [0.717, 1.165) is 11.1 Å². The molecule has 0 radical (unpaired) electrons. The number of nitrogens with zero attached hydrogens (tertiary/aromatic N) is 1. The number of halogens is 2. The Hall–Kier alpha value is -1.09. The summed E-state index contributed by atoms with van der Waals surface area (Å²) in [6.45, 7) is 1.82.